The summed E-state index contributed by atoms with van der Waals surface area (Å²) in [5.74, 6) is 1.47. The van der Waals surface area contributed by atoms with Gasteiger partial charge in [0, 0.05) is 13.0 Å². The summed E-state index contributed by atoms with van der Waals surface area (Å²) >= 11 is 0. The van der Waals surface area contributed by atoms with Gasteiger partial charge < -0.3 is 20.1 Å². The van der Waals surface area contributed by atoms with Gasteiger partial charge in [-0.3, -0.25) is 0 Å². The summed E-state index contributed by atoms with van der Waals surface area (Å²) in [6.07, 6.45) is -0.368. The number of aliphatic hydroxyl groups is 1. The van der Waals surface area contributed by atoms with Crippen LogP contribution in [0.25, 0.3) is 0 Å². The highest BCUT2D eigenvalue weighted by Gasteiger charge is 2.14. The minimum Gasteiger partial charge on any atom is -0.497 e. The molecule has 1 unspecified atom stereocenters. The molecule has 1 atom stereocenters. The summed E-state index contributed by atoms with van der Waals surface area (Å²) in [4.78, 5) is 4.08. The Balaban J connectivity index is 2.06. The SMILES string of the molecule is COc1ccc(Cc2noc(C(O)CN)n2)cc1. The second kappa shape index (κ2) is 5.61. The lowest BCUT2D eigenvalue weighted by molar-refractivity contribution is 0.141. The molecule has 6 heteroatoms. The number of nitrogens with two attached hydrogens (primary N) is 1. The molecule has 0 saturated heterocycles. The molecule has 1 aromatic carbocycles. The van der Waals surface area contributed by atoms with Gasteiger partial charge in [0.1, 0.15) is 11.9 Å². The summed E-state index contributed by atoms with van der Waals surface area (Å²) in [5.41, 5.74) is 6.34. The van der Waals surface area contributed by atoms with Crippen molar-refractivity contribution in [2.45, 2.75) is 12.5 Å². The number of hydrogen-bond acceptors (Lipinski definition) is 6. The lowest BCUT2D eigenvalue weighted by Gasteiger charge is -2.00. The number of methoxy groups -OCH3 is 1. The Morgan fingerprint density at radius 1 is 1.39 bits per heavy atom. The van der Waals surface area contributed by atoms with Crippen LogP contribution in [0.2, 0.25) is 0 Å². The van der Waals surface area contributed by atoms with Crippen LogP contribution in [-0.2, 0) is 6.42 Å². The standard InChI is InChI=1S/C12H15N3O3/c1-17-9-4-2-8(3-5-9)6-11-14-12(18-15-11)10(16)7-13/h2-5,10,16H,6-7,13H2,1H3. The van der Waals surface area contributed by atoms with Crippen LogP contribution in [0.4, 0.5) is 0 Å². The van der Waals surface area contributed by atoms with Gasteiger partial charge in [0.05, 0.1) is 7.11 Å². The van der Waals surface area contributed by atoms with Crippen LogP contribution >= 0.6 is 0 Å². The first kappa shape index (κ1) is 12.5. The van der Waals surface area contributed by atoms with E-state index in [0.717, 1.165) is 11.3 Å². The Morgan fingerprint density at radius 3 is 2.72 bits per heavy atom. The maximum Gasteiger partial charge on any atom is 0.256 e. The third kappa shape index (κ3) is 2.85. The van der Waals surface area contributed by atoms with Crippen LogP contribution in [0, 0.1) is 0 Å². The van der Waals surface area contributed by atoms with E-state index in [2.05, 4.69) is 10.1 Å². The van der Waals surface area contributed by atoms with Crippen LogP contribution in [0.15, 0.2) is 28.8 Å². The topological polar surface area (TPSA) is 94.4 Å². The zero-order valence-corrected chi connectivity index (χ0v) is 10.0. The smallest absolute Gasteiger partial charge is 0.256 e. The highest BCUT2D eigenvalue weighted by atomic mass is 16.5. The maximum atomic E-state index is 9.44. The molecular weight excluding hydrogens is 234 g/mol. The second-order valence-corrected chi connectivity index (χ2v) is 3.83. The second-order valence-electron chi connectivity index (χ2n) is 3.83. The Kier molecular flexibility index (Phi) is 3.91. The molecule has 0 radical (unpaired) electrons. The highest BCUT2D eigenvalue weighted by Crippen LogP contribution is 2.15. The fraction of sp³-hybridized carbons (Fsp3) is 0.333. The average molecular weight is 249 g/mol. The summed E-state index contributed by atoms with van der Waals surface area (Å²) in [7, 11) is 1.62. The van der Waals surface area contributed by atoms with E-state index < -0.39 is 6.10 Å². The Labute approximate surface area is 104 Å². The van der Waals surface area contributed by atoms with E-state index in [9.17, 15) is 5.11 Å². The molecule has 3 N–H and O–H groups in total. The van der Waals surface area contributed by atoms with Crippen LogP contribution in [-0.4, -0.2) is 28.9 Å². The molecule has 0 fully saturated rings. The number of benzene rings is 1. The molecule has 2 aromatic rings. The van der Waals surface area contributed by atoms with Crippen molar-refractivity contribution in [1.82, 2.24) is 10.1 Å². The third-order valence-electron chi connectivity index (χ3n) is 2.51. The fourth-order valence-corrected chi connectivity index (χ4v) is 1.50. The van der Waals surface area contributed by atoms with Crippen molar-refractivity contribution in [3.63, 3.8) is 0 Å². The predicted molar refractivity (Wildman–Crippen MR) is 64.1 cm³/mol. The van der Waals surface area contributed by atoms with Crippen LogP contribution in [0.3, 0.4) is 0 Å². The van der Waals surface area contributed by atoms with E-state index in [0.29, 0.717) is 12.2 Å². The van der Waals surface area contributed by atoms with Crippen molar-refractivity contribution >= 4 is 0 Å². The normalized spacial score (nSPS) is 12.4. The monoisotopic (exact) mass is 249 g/mol. The highest BCUT2D eigenvalue weighted by molar-refractivity contribution is 5.28. The van der Waals surface area contributed by atoms with Gasteiger partial charge in [0.15, 0.2) is 5.82 Å². The minimum absolute atomic E-state index is 0.0597. The van der Waals surface area contributed by atoms with E-state index in [1.54, 1.807) is 7.11 Å². The average Bonchev–Trinajstić information content (AvgIpc) is 2.87. The van der Waals surface area contributed by atoms with Gasteiger partial charge in [-0.15, -0.1) is 0 Å². The summed E-state index contributed by atoms with van der Waals surface area (Å²) < 4.78 is 9.99. The fourth-order valence-electron chi connectivity index (χ4n) is 1.50. The van der Waals surface area contributed by atoms with Gasteiger partial charge >= 0.3 is 0 Å². The van der Waals surface area contributed by atoms with Crippen molar-refractivity contribution in [3.8, 4) is 5.75 Å². The van der Waals surface area contributed by atoms with Crippen molar-refractivity contribution in [2.75, 3.05) is 13.7 Å². The van der Waals surface area contributed by atoms with Gasteiger partial charge in [0.2, 0.25) is 0 Å². The maximum absolute atomic E-state index is 9.44. The van der Waals surface area contributed by atoms with Gasteiger partial charge in [-0.25, -0.2) is 0 Å². The molecule has 6 nitrogen and oxygen atoms in total. The molecule has 96 valence electrons. The first-order valence-corrected chi connectivity index (χ1v) is 5.56. The summed E-state index contributed by atoms with van der Waals surface area (Å²) in [5, 5.41) is 13.2. The first-order valence-electron chi connectivity index (χ1n) is 5.56. The predicted octanol–water partition coefficient (Wildman–Crippen LogP) is 0.661. The van der Waals surface area contributed by atoms with Gasteiger partial charge in [-0.1, -0.05) is 17.3 Å². The number of aliphatic hydroxyl groups excluding tert-OH is 1. The number of aromatic nitrogens is 2. The van der Waals surface area contributed by atoms with Crippen LogP contribution in [0.5, 0.6) is 5.75 Å². The molecule has 0 aliphatic rings. The molecule has 1 heterocycles. The van der Waals surface area contributed by atoms with Gasteiger partial charge in [0.25, 0.3) is 5.89 Å². The minimum atomic E-state index is -0.901. The Hall–Kier alpha value is -1.92. The molecular formula is C12H15N3O3. The van der Waals surface area contributed by atoms with E-state index in [-0.39, 0.29) is 12.4 Å². The van der Waals surface area contributed by atoms with E-state index >= 15 is 0 Å². The van der Waals surface area contributed by atoms with Crippen LogP contribution in [0.1, 0.15) is 23.4 Å². The first-order chi connectivity index (χ1) is 8.72. The Bertz CT molecular complexity index is 496. The largest absolute Gasteiger partial charge is 0.497 e. The number of hydrogen-bond donors (Lipinski definition) is 2. The lowest BCUT2D eigenvalue weighted by atomic mass is 10.1. The van der Waals surface area contributed by atoms with E-state index in [1.807, 2.05) is 24.3 Å². The quantitative estimate of drug-likeness (QED) is 0.808. The van der Waals surface area contributed by atoms with E-state index in [4.69, 9.17) is 15.0 Å². The molecule has 0 aliphatic carbocycles. The van der Waals surface area contributed by atoms with Crippen LogP contribution < -0.4 is 10.5 Å². The Morgan fingerprint density at radius 2 is 2.11 bits per heavy atom. The van der Waals surface area contributed by atoms with Crippen molar-refractivity contribution in [3.05, 3.63) is 41.5 Å². The number of rotatable bonds is 5. The number of nitrogens with zero attached hydrogens (tertiary/aromatic N) is 2. The summed E-state index contributed by atoms with van der Waals surface area (Å²) in [6.45, 7) is 0.0597. The molecule has 0 amide bonds. The molecule has 0 spiro atoms. The van der Waals surface area contributed by atoms with Crippen molar-refractivity contribution < 1.29 is 14.4 Å². The summed E-state index contributed by atoms with van der Waals surface area (Å²) in [6, 6.07) is 7.58. The zero-order valence-electron chi connectivity index (χ0n) is 10.0. The van der Waals surface area contributed by atoms with Crippen molar-refractivity contribution in [1.29, 1.82) is 0 Å². The molecule has 1 aromatic heterocycles. The molecule has 18 heavy (non-hydrogen) atoms. The molecule has 2 rings (SSSR count). The molecule has 0 bridgehead atoms. The van der Waals surface area contributed by atoms with E-state index in [1.165, 1.54) is 0 Å². The molecule has 0 aliphatic heterocycles. The zero-order chi connectivity index (χ0) is 13.0. The molecule has 0 saturated carbocycles. The lowest BCUT2D eigenvalue weighted by Crippen LogP contribution is -2.11. The number of ether oxygens (including phenoxy) is 1. The van der Waals surface area contributed by atoms with Gasteiger partial charge in [-0.05, 0) is 17.7 Å². The van der Waals surface area contributed by atoms with Gasteiger partial charge in [-0.2, -0.15) is 4.98 Å². The third-order valence-corrected chi connectivity index (χ3v) is 2.51. The van der Waals surface area contributed by atoms with Crippen molar-refractivity contribution in [2.24, 2.45) is 5.73 Å².